The van der Waals surface area contributed by atoms with E-state index >= 15 is 0 Å². The van der Waals surface area contributed by atoms with Crippen molar-refractivity contribution in [3.63, 3.8) is 0 Å². The molecule has 17 nitrogen and oxygen atoms in total. The van der Waals surface area contributed by atoms with E-state index in [4.69, 9.17) is 31.9 Å². The first-order chi connectivity index (χ1) is 15.9. The van der Waals surface area contributed by atoms with E-state index in [0.29, 0.717) is 0 Å². The number of nitrogen functional groups attached to an aromatic ring is 1. The highest BCUT2D eigenvalue weighted by Gasteiger charge is 2.59. The number of phosphoric ester groups is 1. The fourth-order valence-electron chi connectivity index (χ4n) is 3.38. The minimum Gasteiger partial charge on any atom is -0.388 e. The molecule has 0 spiro atoms. The number of nitrogens with two attached hydrogens (primary N) is 1. The van der Waals surface area contributed by atoms with E-state index in [1.807, 2.05) is 0 Å². The van der Waals surface area contributed by atoms with Crippen LogP contribution in [0.3, 0.4) is 0 Å². The van der Waals surface area contributed by atoms with Crippen molar-refractivity contribution in [2.45, 2.75) is 36.3 Å². The molecule has 3 rings (SSSR count). The fraction of sp³-hybridized carbons (Fsp3) is 0.538. The summed E-state index contributed by atoms with van der Waals surface area (Å²) in [7, 11) is -17.0. The number of aliphatic hydroxyl groups excluding tert-OH is 1. The van der Waals surface area contributed by atoms with E-state index in [2.05, 4.69) is 23.1 Å². The maximum atomic E-state index is 14.1. The minimum absolute atomic E-state index is 0.0138. The first-order valence-electron chi connectivity index (χ1n) is 9.16. The Balaban J connectivity index is 1.88. The average Bonchev–Trinajstić information content (AvgIpc) is 3.18. The number of hydrogen-bond acceptors (Lipinski definition) is 11. The van der Waals surface area contributed by atoms with Crippen LogP contribution >= 0.6 is 35.1 Å². The van der Waals surface area contributed by atoms with Crippen molar-refractivity contribution < 1.29 is 60.6 Å². The number of alkyl halides is 2. The lowest BCUT2D eigenvalue weighted by molar-refractivity contribution is -0.0731. The number of H-pyrrole nitrogens is 1. The Hall–Kier alpha value is -1.23. The molecule has 22 heteroatoms. The first kappa shape index (κ1) is 28.3. The third-order valence-electron chi connectivity index (χ3n) is 4.73. The molecule has 0 saturated carbocycles. The van der Waals surface area contributed by atoms with Gasteiger partial charge in [0.2, 0.25) is 5.95 Å². The number of aromatic amines is 1. The molecule has 2 aromatic rings. The summed E-state index contributed by atoms with van der Waals surface area (Å²) in [6.45, 7) is -0.407. The van der Waals surface area contributed by atoms with E-state index in [9.17, 15) is 37.8 Å². The summed E-state index contributed by atoms with van der Waals surface area (Å²) in [4.78, 5) is 52.2. The topological polar surface area (TPSA) is 266 Å². The molecular formula is C13H19ClFN4O13P3. The summed E-state index contributed by atoms with van der Waals surface area (Å²) >= 11 is 6.31. The summed E-state index contributed by atoms with van der Waals surface area (Å²) in [5.74, 6) is -0.293. The first-order valence-corrected chi connectivity index (χ1v) is 14.1. The van der Waals surface area contributed by atoms with Crippen molar-refractivity contribution in [2.24, 2.45) is 0 Å². The maximum absolute atomic E-state index is 14.1. The molecule has 0 radical (unpaired) electrons. The molecule has 3 unspecified atom stereocenters. The van der Waals surface area contributed by atoms with Gasteiger partial charge in [-0.3, -0.25) is 14.3 Å². The van der Waals surface area contributed by atoms with Gasteiger partial charge in [-0.25, -0.2) is 18.1 Å². The van der Waals surface area contributed by atoms with Crippen LogP contribution in [0.1, 0.15) is 13.2 Å². The van der Waals surface area contributed by atoms with Crippen molar-refractivity contribution in [3.05, 3.63) is 22.6 Å². The van der Waals surface area contributed by atoms with Crippen LogP contribution in [0.5, 0.6) is 0 Å². The molecule has 8 N–H and O–H groups in total. The van der Waals surface area contributed by atoms with Gasteiger partial charge in [0.05, 0.1) is 11.5 Å². The van der Waals surface area contributed by atoms with Gasteiger partial charge in [-0.15, -0.1) is 11.6 Å². The normalized spacial score (nSPS) is 29.7. The van der Waals surface area contributed by atoms with Gasteiger partial charge < -0.3 is 39.7 Å². The third kappa shape index (κ3) is 6.02. The maximum Gasteiger partial charge on any atom is 0.490 e. The highest BCUT2D eigenvalue weighted by Crippen LogP contribution is 2.66. The summed E-state index contributed by atoms with van der Waals surface area (Å²) in [5.41, 5.74) is 4.81. The molecule has 35 heavy (non-hydrogen) atoms. The van der Waals surface area contributed by atoms with E-state index in [1.54, 1.807) is 0 Å². The Morgan fingerprint density at radius 2 is 1.94 bits per heavy atom. The number of nitrogens with one attached hydrogen (secondary N) is 1. The van der Waals surface area contributed by atoms with Gasteiger partial charge in [-0.1, -0.05) is 0 Å². The lowest BCUT2D eigenvalue weighted by Crippen LogP contribution is -2.46. The second kappa shape index (κ2) is 9.58. The quantitative estimate of drug-likeness (QED) is 0.153. The molecule has 7 atom stereocenters. The zero-order valence-electron chi connectivity index (χ0n) is 17.2. The zero-order chi connectivity index (χ0) is 26.6. The lowest BCUT2D eigenvalue weighted by Gasteiger charge is -2.28. The molecule has 1 aliphatic rings. The van der Waals surface area contributed by atoms with Gasteiger partial charge in [-0.2, -0.15) is 13.6 Å². The predicted molar refractivity (Wildman–Crippen MR) is 114 cm³/mol. The Morgan fingerprint density at radius 3 is 2.51 bits per heavy atom. The number of nitrogens with zero attached hydrogens (tertiary/aromatic N) is 2. The van der Waals surface area contributed by atoms with Crippen LogP contribution < -0.4 is 11.3 Å². The molecule has 0 amide bonds. The Labute approximate surface area is 199 Å². The molecule has 1 saturated heterocycles. The van der Waals surface area contributed by atoms with E-state index in [0.717, 1.165) is 11.5 Å². The SMILES string of the molecule is C[C@H](OP(=O)(O)OP(=O)(O)OP(=O)(O)O)[C@H]1O[C@@H](n2ccc3c(=O)[nH]c(N)nc32)C(Cl)(CF)[C@H]1O. The standard InChI is InChI=1S/C13H19ClFN4O13P3/c1-5(30-34(25,26)32-35(27,28)31-33(22,23)24)7-8(20)13(14,4-15)11(29-7)19-3-2-6-9(19)17-12(16)18-10(6)21/h2-3,5,7-8,11,20H,4H2,1H3,(H,25,26)(H,27,28)(H2,22,23,24)(H3,16,17,18,21)/t5-,7+,8-,11+,13?/m0/s1. The average molecular weight is 587 g/mol. The summed E-state index contributed by atoms with van der Waals surface area (Å²) in [6.07, 6.45) is -5.68. The van der Waals surface area contributed by atoms with Gasteiger partial charge in [-0.05, 0) is 13.0 Å². The van der Waals surface area contributed by atoms with Crippen LogP contribution in [0, 0.1) is 0 Å². The molecule has 1 fully saturated rings. The van der Waals surface area contributed by atoms with Crippen molar-refractivity contribution in [1.82, 2.24) is 14.5 Å². The highest BCUT2D eigenvalue weighted by atomic mass is 35.5. The van der Waals surface area contributed by atoms with Crippen molar-refractivity contribution >= 4 is 52.1 Å². The van der Waals surface area contributed by atoms with E-state index in [-0.39, 0.29) is 17.0 Å². The smallest absolute Gasteiger partial charge is 0.388 e. The van der Waals surface area contributed by atoms with Crippen molar-refractivity contribution in [2.75, 3.05) is 12.4 Å². The Morgan fingerprint density at radius 1 is 1.31 bits per heavy atom. The zero-order valence-corrected chi connectivity index (χ0v) is 20.7. The Bertz CT molecular complexity index is 1320. The van der Waals surface area contributed by atoms with Crippen LogP contribution in [0.25, 0.3) is 11.0 Å². The number of aliphatic hydroxyl groups is 1. The van der Waals surface area contributed by atoms with Gasteiger partial charge in [0.25, 0.3) is 5.56 Å². The molecule has 0 bridgehead atoms. The number of hydrogen-bond donors (Lipinski definition) is 7. The number of aromatic nitrogens is 3. The molecule has 2 aromatic heterocycles. The van der Waals surface area contributed by atoms with Crippen LogP contribution in [0.2, 0.25) is 0 Å². The fourth-order valence-corrected chi connectivity index (χ4v) is 6.86. The van der Waals surface area contributed by atoms with Crippen molar-refractivity contribution in [3.8, 4) is 0 Å². The van der Waals surface area contributed by atoms with Crippen LogP contribution in [0.15, 0.2) is 17.1 Å². The van der Waals surface area contributed by atoms with Gasteiger partial charge in [0.15, 0.2) is 11.9 Å². The van der Waals surface area contributed by atoms with Crippen molar-refractivity contribution in [1.29, 1.82) is 0 Å². The largest absolute Gasteiger partial charge is 0.490 e. The highest BCUT2D eigenvalue weighted by molar-refractivity contribution is 7.66. The predicted octanol–water partition coefficient (Wildman–Crippen LogP) is 0.244. The summed E-state index contributed by atoms with van der Waals surface area (Å²) in [6, 6.07) is 1.29. The molecule has 198 valence electrons. The number of fused-ring (bicyclic) bond motifs is 1. The second-order valence-electron chi connectivity index (χ2n) is 7.27. The van der Waals surface area contributed by atoms with Gasteiger partial charge in [0, 0.05) is 6.20 Å². The summed E-state index contributed by atoms with van der Waals surface area (Å²) < 4.78 is 66.9. The number of halogens is 2. The number of ether oxygens (including phenoxy) is 1. The molecular weight excluding hydrogens is 568 g/mol. The number of rotatable bonds is 9. The van der Waals surface area contributed by atoms with E-state index < -0.39 is 65.1 Å². The second-order valence-corrected chi connectivity index (χ2v) is 12.3. The van der Waals surface area contributed by atoms with Crippen LogP contribution in [-0.4, -0.2) is 69.1 Å². The summed E-state index contributed by atoms with van der Waals surface area (Å²) in [5, 5.41) is 10.7. The number of phosphoric acid groups is 3. The van der Waals surface area contributed by atoms with E-state index in [1.165, 1.54) is 12.3 Å². The van der Waals surface area contributed by atoms with Crippen LogP contribution in [0.4, 0.5) is 10.3 Å². The monoisotopic (exact) mass is 586 g/mol. The molecule has 0 aromatic carbocycles. The molecule has 3 heterocycles. The molecule has 0 aliphatic carbocycles. The lowest BCUT2D eigenvalue weighted by atomic mass is 9.97. The minimum atomic E-state index is -5.81. The van der Waals surface area contributed by atoms with Gasteiger partial charge in [0.1, 0.15) is 23.8 Å². The third-order valence-corrected chi connectivity index (χ3v) is 9.17. The Kier molecular flexibility index (Phi) is 7.75. The van der Waals surface area contributed by atoms with Crippen LogP contribution in [-0.2, 0) is 31.6 Å². The molecule has 1 aliphatic heterocycles. The van der Waals surface area contributed by atoms with Gasteiger partial charge >= 0.3 is 23.5 Å². The number of anilines is 1.